The van der Waals surface area contributed by atoms with E-state index in [0.29, 0.717) is 29.1 Å². The van der Waals surface area contributed by atoms with Crippen LogP contribution in [0.25, 0.3) is 16.9 Å². The number of rotatable bonds is 7. The van der Waals surface area contributed by atoms with Gasteiger partial charge in [0.25, 0.3) is 5.91 Å². The summed E-state index contributed by atoms with van der Waals surface area (Å²) in [7, 11) is 1.28. The Hall–Kier alpha value is -4.05. The summed E-state index contributed by atoms with van der Waals surface area (Å²) in [6.07, 6.45) is 8.94. The molecule has 0 bridgehead atoms. The number of benzene rings is 2. The van der Waals surface area contributed by atoms with Crippen molar-refractivity contribution in [1.82, 2.24) is 19.7 Å². The average molecular weight is 521 g/mol. The molecule has 5 rings (SSSR count). The number of nitrogens with one attached hydrogen (secondary N) is 2. The Morgan fingerprint density at radius 2 is 1.92 bits per heavy atom. The lowest BCUT2D eigenvalue weighted by Gasteiger charge is -2.27. The summed E-state index contributed by atoms with van der Waals surface area (Å²) < 4.78 is 35.6. The van der Waals surface area contributed by atoms with E-state index in [1.54, 1.807) is 22.9 Å². The Morgan fingerprint density at radius 1 is 1.13 bits per heavy atom. The predicted octanol–water partition coefficient (Wildman–Crippen LogP) is 4.99. The van der Waals surface area contributed by atoms with Gasteiger partial charge in [0, 0.05) is 41.3 Å². The first-order valence-electron chi connectivity index (χ1n) is 12.7. The third-order valence-corrected chi connectivity index (χ3v) is 7.07. The molecule has 0 atom stereocenters. The molecular formula is C28H30F2N6O2. The van der Waals surface area contributed by atoms with E-state index < -0.39 is 11.6 Å². The Labute approximate surface area is 219 Å². The molecule has 0 unspecified atom stereocenters. The van der Waals surface area contributed by atoms with E-state index in [4.69, 9.17) is 10.5 Å². The van der Waals surface area contributed by atoms with Crippen molar-refractivity contribution in [3.63, 3.8) is 0 Å². The summed E-state index contributed by atoms with van der Waals surface area (Å²) in [6, 6.07) is 8.73. The number of aryl methyl sites for hydroxylation is 1. The zero-order valence-corrected chi connectivity index (χ0v) is 21.3. The molecule has 0 radical (unpaired) electrons. The molecular weight excluding hydrogens is 490 g/mol. The molecule has 198 valence electrons. The third-order valence-electron chi connectivity index (χ3n) is 7.07. The van der Waals surface area contributed by atoms with Crippen molar-refractivity contribution in [1.29, 1.82) is 0 Å². The lowest BCUT2D eigenvalue weighted by atomic mass is 9.91. The Kier molecular flexibility index (Phi) is 7.24. The van der Waals surface area contributed by atoms with Crippen molar-refractivity contribution >= 4 is 23.1 Å². The van der Waals surface area contributed by atoms with Crippen molar-refractivity contribution in [2.24, 2.45) is 5.73 Å². The van der Waals surface area contributed by atoms with E-state index in [9.17, 15) is 13.6 Å². The van der Waals surface area contributed by atoms with Crippen molar-refractivity contribution in [3.8, 4) is 17.0 Å². The molecule has 1 fully saturated rings. The zero-order chi connectivity index (χ0) is 26.8. The van der Waals surface area contributed by atoms with Gasteiger partial charge in [-0.25, -0.2) is 14.4 Å². The monoisotopic (exact) mass is 520 g/mol. The van der Waals surface area contributed by atoms with Gasteiger partial charge in [-0.1, -0.05) is 6.92 Å². The van der Waals surface area contributed by atoms with Crippen LogP contribution in [-0.4, -0.2) is 39.5 Å². The van der Waals surface area contributed by atoms with E-state index in [0.717, 1.165) is 36.9 Å². The van der Waals surface area contributed by atoms with E-state index >= 15 is 0 Å². The second kappa shape index (κ2) is 10.7. The molecule has 0 spiro atoms. The van der Waals surface area contributed by atoms with Gasteiger partial charge in [-0.15, -0.1) is 0 Å². The maximum absolute atomic E-state index is 14.8. The van der Waals surface area contributed by atoms with Crippen LogP contribution in [0.4, 0.5) is 20.3 Å². The van der Waals surface area contributed by atoms with Crippen LogP contribution in [0.5, 0.6) is 5.75 Å². The van der Waals surface area contributed by atoms with Crippen molar-refractivity contribution < 1.29 is 18.3 Å². The number of hydrogen-bond donors (Lipinski definition) is 3. The molecule has 1 saturated carbocycles. The summed E-state index contributed by atoms with van der Waals surface area (Å²) in [5.74, 6) is -1.90. The Bertz CT molecular complexity index is 1480. The predicted molar refractivity (Wildman–Crippen MR) is 142 cm³/mol. The largest absolute Gasteiger partial charge is 0.494 e. The van der Waals surface area contributed by atoms with Gasteiger partial charge in [0.15, 0.2) is 23.0 Å². The van der Waals surface area contributed by atoms with Crippen molar-refractivity contribution in [2.75, 3.05) is 12.4 Å². The molecule has 10 heteroatoms. The summed E-state index contributed by atoms with van der Waals surface area (Å²) in [4.78, 5) is 21.8. The molecule has 2 aromatic heterocycles. The number of hydrogen-bond acceptors (Lipinski definition) is 6. The fourth-order valence-electron chi connectivity index (χ4n) is 4.94. The zero-order valence-electron chi connectivity index (χ0n) is 21.3. The van der Waals surface area contributed by atoms with Gasteiger partial charge in [0.2, 0.25) is 5.82 Å². The summed E-state index contributed by atoms with van der Waals surface area (Å²) in [6.45, 7) is 2.00. The normalized spacial score (nSPS) is 17.4. The number of carbonyl (C=O) groups excluding carboxylic acids is 1. The topological polar surface area (TPSA) is 107 Å². The number of methoxy groups -OCH3 is 1. The fourth-order valence-corrected chi connectivity index (χ4v) is 4.94. The van der Waals surface area contributed by atoms with E-state index in [-0.39, 0.29) is 29.3 Å². The van der Waals surface area contributed by atoms with Crippen LogP contribution in [0, 0.1) is 11.6 Å². The average Bonchev–Trinajstić information content (AvgIpc) is 3.36. The van der Waals surface area contributed by atoms with E-state index in [2.05, 4.69) is 20.6 Å². The lowest BCUT2D eigenvalue weighted by Crippen LogP contribution is -2.40. The molecule has 0 aliphatic heterocycles. The maximum Gasteiger partial charge on any atom is 0.251 e. The standard InChI is InChI=1S/C28H30F2N6O2/c1-3-16-14-19(8-9-20(16)28(37)35-18-6-4-17(31)5-7-18)34-26-27-33-15-22(36(27)13-12-32-26)21-10-11-23(38-2)25(30)24(21)29/h8-15,17-18H,3-7,31H2,1-2H3,(H,32,34)(H,35,37)/t17-,18+. The van der Waals surface area contributed by atoms with Gasteiger partial charge in [-0.05, 0) is 68.0 Å². The first-order valence-corrected chi connectivity index (χ1v) is 12.7. The van der Waals surface area contributed by atoms with Crippen LogP contribution in [0.15, 0.2) is 48.9 Å². The molecule has 2 heterocycles. The quantitative estimate of drug-likeness (QED) is 0.317. The number of nitrogens with two attached hydrogens (primary N) is 1. The van der Waals surface area contributed by atoms with Crippen LogP contribution < -0.4 is 21.1 Å². The molecule has 1 aliphatic rings. The highest BCUT2D eigenvalue weighted by atomic mass is 19.2. The summed E-state index contributed by atoms with van der Waals surface area (Å²) >= 11 is 0. The highest BCUT2D eigenvalue weighted by Crippen LogP contribution is 2.31. The van der Waals surface area contributed by atoms with Crippen molar-refractivity contribution in [3.05, 3.63) is 71.7 Å². The van der Waals surface area contributed by atoms with Gasteiger partial charge in [0.1, 0.15) is 0 Å². The summed E-state index contributed by atoms with van der Waals surface area (Å²) in [5, 5.41) is 6.41. The van der Waals surface area contributed by atoms with Crippen molar-refractivity contribution in [2.45, 2.75) is 51.1 Å². The molecule has 1 aliphatic carbocycles. The van der Waals surface area contributed by atoms with E-state index in [1.165, 1.54) is 25.4 Å². The molecule has 0 saturated heterocycles. The van der Waals surface area contributed by atoms with Crippen LogP contribution in [0.2, 0.25) is 0 Å². The minimum Gasteiger partial charge on any atom is -0.494 e. The molecule has 4 N–H and O–H groups in total. The number of nitrogens with zero attached hydrogens (tertiary/aromatic N) is 3. The van der Waals surface area contributed by atoms with E-state index in [1.807, 2.05) is 19.1 Å². The number of anilines is 2. The van der Waals surface area contributed by atoms with Gasteiger partial charge in [-0.3, -0.25) is 9.20 Å². The highest BCUT2D eigenvalue weighted by Gasteiger charge is 2.22. The second-order valence-electron chi connectivity index (χ2n) is 9.49. The minimum absolute atomic E-state index is 0.0523. The minimum atomic E-state index is -1.06. The van der Waals surface area contributed by atoms with Crippen LogP contribution in [0.1, 0.15) is 48.5 Å². The smallest absolute Gasteiger partial charge is 0.251 e. The second-order valence-corrected chi connectivity index (χ2v) is 9.49. The SMILES string of the molecule is CCc1cc(Nc2nccn3c(-c4ccc(OC)c(F)c4F)cnc23)ccc1C(=O)N[C@H]1CC[C@@H](N)CC1. The summed E-state index contributed by atoms with van der Waals surface area (Å²) in [5.41, 5.74) is 9.11. The van der Waals surface area contributed by atoms with Gasteiger partial charge in [-0.2, -0.15) is 4.39 Å². The molecule has 38 heavy (non-hydrogen) atoms. The highest BCUT2D eigenvalue weighted by molar-refractivity contribution is 5.96. The first-order chi connectivity index (χ1) is 18.4. The number of ether oxygens (including phenoxy) is 1. The third kappa shape index (κ3) is 4.91. The number of aromatic nitrogens is 3. The van der Waals surface area contributed by atoms with Gasteiger partial charge in [0.05, 0.1) is 19.0 Å². The Morgan fingerprint density at radius 3 is 2.66 bits per heavy atom. The lowest BCUT2D eigenvalue weighted by molar-refractivity contribution is 0.0925. The molecule has 8 nitrogen and oxygen atoms in total. The first kappa shape index (κ1) is 25.6. The number of amides is 1. The van der Waals surface area contributed by atoms with Gasteiger partial charge < -0.3 is 21.1 Å². The van der Waals surface area contributed by atoms with Crippen LogP contribution in [0.3, 0.4) is 0 Å². The Balaban J connectivity index is 1.40. The molecule has 4 aromatic rings. The fraction of sp³-hybridized carbons (Fsp3) is 0.321. The van der Waals surface area contributed by atoms with Crippen LogP contribution in [-0.2, 0) is 6.42 Å². The number of halogens is 2. The molecule has 2 aromatic carbocycles. The maximum atomic E-state index is 14.8. The van der Waals surface area contributed by atoms with Gasteiger partial charge >= 0.3 is 0 Å². The molecule has 1 amide bonds. The van der Waals surface area contributed by atoms with Crippen LogP contribution >= 0.6 is 0 Å². The number of fused-ring (bicyclic) bond motifs is 1. The number of imidazole rings is 1. The number of carbonyl (C=O) groups is 1.